The Morgan fingerprint density at radius 1 is 1.08 bits per heavy atom. The van der Waals surface area contributed by atoms with Gasteiger partial charge in [0.25, 0.3) is 0 Å². The lowest BCUT2D eigenvalue weighted by molar-refractivity contribution is -0.143. The molecule has 2 N–H and O–H groups in total. The van der Waals surface area contributed by atoms with Crippen LogP contribution in [0.2, 0.25) is 0 Å². The average Bonchev–Trinajstić information content (AvgIpc) is 2.65. The fraction of sp³-hybridized carbons (Fsp3) is 0.300. The standard InChI is InChI=1S/C20H22N2O3S/c1-14-13-17(26-16-5-3-2-4-6-16)7-8-18(14)21-20(25)22-11-9-15(10-12-22)19(23)24/h2-8,13,15H,9-12H2,1H3,(H,21,25)(H,23,24). The Bertz CT molecular complexity index is 787. The van der Waals surface area contributed by atoms with E-state index < -0.39 is 5.97 Å². The van der Waals surface area contributed by atoms with Crippen molar-refractivity contribution < 1.29 is 14.7 Å². The summed E-state index contributed by atoms with van der Waals surface area (Å²) >= 11 is 1.68. The Balaban J connectivity index is 1.60. The molecule has 1 fully saturated rings. The third-order valence-corrected chi connectivity index (χ3v) is 5.55. The summed E-state index contributed by atoms with van der Waals surface area (Å²) in [5.41, 5.74) is 1.78. The molecule has 0 radical (unpaired) electrons. The maximum Gasteiger partial charge on any atom is 0.321 e. The van der Waals surface area contributed by atoms with Crippen molar-refractivity contribution in [3.63, 3.8) is 0 Å². The van der Waals surface area contributed by atoms with Gasteiger partial charge in [-0.2, -0.15) is 0 Å². The third-order valence-electron chi connectivity index (χ3n) is 4.55. The van der Waals surface area contributed by atoms with Crippen LogP contribution < -0.4 is 5.32 Å². The van der Waals surface area contributed by atoms with Crippen molar-refractivity contribution in [1.29, 1.82) is 0 Å². The summed E-state index contributed by atoms with van der Waals surface area (Å²) in [5, 5.41) is 12.0. The Morgan fingerprint density at radius 2 is 1.77 bits per heavy atom. The summed E-state index contributed by atoms with van der Waals surface area (Å²) in [6.45, 7) is 2.93. The highest BCUT2D eigenvalue weighted by molar-refractivity contribution is 7.99. The summed E-state index contributed by atoms with van der Waals surface area (Å²) in [6.07, 6.45) is 1.02. The minimum atomic E-state index is -0.771. The molecule has 2 aromatic carbocycles. The highest BCUT2D eigenvalue weighted by atomic mass is 32.2. The Morgan fingerprint density at radius 3 is 2.38 bits per heavy atom. The Labute approximate surface area is 157 Å². The van der Waals surface area contributed by atoms with Gasteiger partial charge in [-0.15, -0.1) is 0 Å². The summed E-state index contributed by atoms with van der Waals surface area (Å²) in [6, 6.07) is 16.0. The summed E-state index contributed by atoms with van der Waals surface area (Å²) in [4.78, 5) is 27.4. The molecule has 0 bridgehead atoms. The number of hydrogen-bond donors (Lipinski definition) is 2. The molecule has 26 heavy (non-hydrogen) atoms. The predicted octanol–water partition coefficient (Wildman–Crippen LogP) is 4.47. The number of nitrogens with zero attached hydrogens (tertiary/aromatic N) is 1. The lowest BCUT2D eigenvalue weighted by Gasteiger charge is -2.30. The van der Waals surface area contributed by atoms with Gasteiger partial charge in [-0.05, 0) is 55.7 Å². The lowest BCUT2D eigenvalue weighted by Crippen LogP contribution is -2.42. The average molecular weight is 370 g/mol. The molecule has 0 unspecified atom stereocenters. The molecule has 5 nitrogen and oxygen atoms in total. The lowest BCUT2D eigenvalue weighted by atomic mass is 9.97. The molecule has 0 atom stereocenters. The van der Waals surface area contributed by atoms with Gasteiger partial charge in [-0.1, -0.05) is 30.0 Å². The maximum atomic E-state index is 12.4. The molecule has 6 heteroatoms. The van der Waals surface area contributed by atoms with Gasteiger partial charge < -0.3 is 15.3 Å². The van der Waals surface area contributed by atoms with E-state index in [1.807, 2.05) is 37.3 Å². The predicted molar refractivity (Wildman–Crippen MR) is 103 cm³/mol. The van der Waals surface area contributed by atoms with E-state index in [1.165, 1.54) is 4.90 Å². The van der Waals surface area contributed by atoms with Gasteiger partial charge in [0.15, 0.2) is 0 Å². The van der Waals surface area contributed by atoms with Crippen LogP contribution in [0.15, 0.2) is 58.3 Å². The molecular weight excluding hydrogens is 348 g/mol. The number of aryl methyl sites for hydroxylation is 1. The van der Waals surface area contributed by atoms with Gasteiger partial charge in [0, 0.05) is 28.6 Å². The van der Waals surface area contributed by atoms with E-state index in [2.05, 4.69) is 23.5 Å². The summed E-state index contributed by atoms with van der Waals surface area (Å²) in [7, 11) is 0. The van der Waals surface area contributed by atoms with Crippen LogP contribution in [0.3, 0.4) is 0 Å². The van der Waals surface area contributed by atoms with Crippen molar-refractivity contribution in [2.45, 2.75) is 29.6 Å². The van der Waals surface area contributed by atoms with Crippen LogP contribution in [0.5, 0.6) is 0 Å². The number of hydrogen-bond acceptors (Lipinski definition) is 3. The number of aliphatic carboxylic acids is 1. The molecule has 1 aliphatic rings. The number of carboxylic acid groups (broad SMARTS) is 1. The smallest absolute Gasteiger partial charge is 0.321 e. The van der Waals surface area contributed by atoms with Crippen LogP contribution in [-0.4, -0.2) is 35.1 Å². The number of amides is 2. The van der Waals surface area contributed by atoms with Gasteiger partial charge in [0.1, 0.15) is 0 Å². The summed E-state index contributed by atoms with van der Waals surface area (Å²) in [5.74, 6) is -1.11. The zero-order valence-electron chi connectivity index (χ0n) is 14.6. The number of benzene rings is 2. The molecule has 0 saturated carbocycles. The van der Waals surface area contributed by atoms with E-state index in [0.717, 1.165) is 16.1 Å². The SMILES string of the molecule is Cc1cc(Sc2ccccc2)ccc1NC(=O)N1CCC(C(=O)O)CC1. The highest BCUT2D eigenvalue weighted by Gasteiger charge is 2.27. The third kappa shape index (κ3) is 4.58. The zero-order chi connectivity index (χ0) is 18.5. The second-order valence-electron chi connectivity index (χ2n) is 6.42. The van der Waals surface area contributed by atoms with Gasteiger partial charge >= 0.3 is 12.0 Å². The number of likely N-dealkylation sites (tertiary alicyclic amines) is 1. The normalized spacial score (nSPS) is 14.9. The number of carboxylic acids is 1. The molecule has 2 amide bonds. The van der Waals surface area contributed by atoms with E-state index in [4.69, 9.17) is 5.11 Å². The Hall–Kier alpha value is -2.47. The molecule has 0 aliphatic carbocycles. The quantitative estimate of drug-likeness (QED) is 0.833. The number of urea groups is 1. The van der Waals surface area contributed by atoms with Crippen molar-refractivity contribution in [2.24, 2.45) is 5.92 Å². The highest BCUT2D eigenvalue weighted by Crippen LogP contribution is 2.30. The van der Waals surface area contributed by atoms with E-state index >= 15 is 0 Å². The molecule has 0 spiro atoms. The molecule has 1 heterocycles. The fourth-order valence-corrected chi connectivity index (χ4v) is 3.93. The van der Waals surface area contributed by atoms with Crippen LogP contribution in [-0.2, 0) is 4.79 Å². The van der Waals surface area contributed by atoms with Crippen molar-refractivity contribution >= 4 is 29.4 Å². The first-order valence-corrected chi connectivity index (χ1v) is 9.47. The number of carbonyl (C=O) groups excluding carboxylic acids is 1. The van der Waals surface area contributed by atoms with Crippen molar-refractivity contribution in [3.05, 3.63) is 54.1 Å². The number of carbonyl (C=O) groups is 2. The van der Waals surface area contributed by atoms with Gasteiger partial charge in [-0.3, -0.25) is 4.79 Å². The second-order valence-corrected chi connectivity index (χ2v) is 7.57. The topological polar surface area (TPSA) is 69.6 Å². The molecule has 136 valence electrons. The number of anilines is 1. The minimum Gasteiger partial charge on any atom is -0.481 e. The molecule has 2 aromatic rings. The van der Waals surface area contributed by atoms with Crippen molar-refractivity contribution in [2.75, 3.05) is 18.4 Å². The molecule has 0 aromatic heterocycles. The first-order valence-electron chi connectivity index (χ1n) is 8.65. The van der Waals surface area contributed by atoms with Crippen molar-refractivity contribution in [3.8, 4) is 0 Å². The van der Waals surface area contributed by atoms with E-state index in [0.29, 0.717) is 25.9 Å². The van der Waals surface area contributed by atoms with E-state index in [-0.39, 0.29) is 11.9 Å². The molecule has 3 rings (SSSR count). The van der Waals surface area contributed by atoms with Crippen LogP contribution in [0.25, 0.3) is 0 Å². The van der Waals surface area contributed by atoms with E-state index in [9.17, 15) is 9.59 Å². The largest absolute Gasteiger partial charge is 0.481 e. The first kappa shape index (κ1) is 18.3. The number of piperidine rings is 1. The van der Waals surface area contributed by atoms with Gasteiger partial charge in [-0.25, -0.2) is 4.79 Å². The monoisotopic (exact) mass is 370 g/mol. The Kier molecular flexibility index (Phi) is 5.83. The zero-order valence-corrected chi connectivity index (χ0v) is 15.5. The van der Waals surface area contributed by atoms with E-state index in [1.54, 1.807) is 16.7 Å². The minimum absolute atomic E-state index is 0.166. The van der Waals surface area contributed by atoms with Gasteiger partial charge in [0.2, 0.25) is 0 Å². The molecule has 1 aliphatic heterocycles. The first-order chi connectivity index (χ1) is 12.5. The van der Waals surface area contributed by atoms with Crippen molar-refractivity contribution in [1.82, 2.24) is 4.90 Å². The second kappa shape index (κ2) is 8.27. The fourth-order valence-electron chi connectivity index (χ4n) is 2.99. The molecular formula is C20H22N2O3S. The van der Waals surface area contributed by atoms with Crippen LogP contribution in [0.4, 0.5) is 10.5 Å². The number of nitrogens with one attached hydrogen (secondary N) is 1. The number of rotatable bonds is 4. The molecule has 1 saturated heterocycles. The summed E-state index contributed by atoms with van der Waals surface area (Å²) < 4.78 is 0. The van der Waals surface area contributed by atoms with Crippen LogP contribution in [0.1, 0.15) is 18.4 Å². The van der Waals surface area contributed by atoms with Gasteiger partial charge in [0.05, 0.1) is 5.92 Å². The van der Waals surface area contributed by atoms with Crippen LogP contribution in [0, 0.1) is 12.8 Å². The maximum absolute atomic E-state index is 12.4. The van der Waals surface area contributed by atoms with Crippen LogP contribution >= 0.6 is 11.8 Å².